The predicted octanol–water partition coefficient (Wildman–Crippen LogP) is 3.30. The number of hydrogen-bond acceptors (Lipinski definition) is 6. The molecule has 3 aromatic rings. The molecule has 0 aliphatic carbocycles. The zero-order valence-corrected chi connectivity index (χ0v) is 16.7. The van der Waals surface area contributed by atoms with Crippen molar-refractivity contribution in [2.75, 3.05) is 0 Å². The lowest BCUT2D eigenvalue weighted by molar-refractivity contribution is -0.124. The number of benzene rings is 1. The van der Waals surface area contributed by atoms with Gasteiger partial charge in [0.05, 0.1) is 12.2 Å². The van der Waals surface area contributed by atoms with E-state index in [0.29, 0.717) is 5.76 Å². The Bertz CT molecular complexity index is 903. The van der Waals surface area contributed by atoms with Crippen LogP contribution in [0.25, 0.3) is 0 Å². The molecular weight excluding hydrogens is 376 g/mol. The highest BCUT2D eigenvalue weighted by Crippen LogP contribution is 2.32. The number of carbonyl (C=O) groups excluding carboxylic acids is 2. The van der Waals surface area contributed by atoms with Gasteiger partial charge in [-0.1, -0.05) is 34.8 Å². The van der Waals surface area contributed by atoms with Crippen LogP contribution in [0.2, 0.25) is 0 Å². The highest BCUT2D eigenvalue weighted by Gasteiger charge is 2.36. The van der Waals surface area contributed by atoms with Crippen LogP contribution in [-0.2, 0) is 4.79 Å². The van der Waals surface area contributed by atoms with Crippen LogP contribution in [0.5, 0.6) is 0 Å². The van der Waals surface area contributed by atoms with Gasteiger partial charge in [0.25, 0.3) is 5.91 Å². The molecule has 2 aromatic heterocycles. The van der Waals surface area contributed by atoms with Gasteiger partial charge in [0.2, 0.25) is 5.91 Å². The Morgan fingerprint density at radius 1 is 1.11 bits per heavy atom. The highest BCUT2D eigenvalue weighted by molar-refractivity contribution is 7.03. The quantitative estimate of drug-likeness (QED) is 0.664. The van der Waals surface area contributed by atoms with Gasteiger partial charge in [0.1, 0.15) is 11.8 Å². The van der Waals surface area contributed by atoms with Crippen LogP contribution in [0.3, 0.4) is 0 Å². The van der Waals surface area contributed by atoms with Gasteiger partial charge in [-0.25, -0.2) is 0 Å². The fraction of sp³-hybridized carbons (Fsp3) is 0.300. The van der Waals surface area contributed by atoms with Crippen LogP contribution in [0.15, 0.2) is 58.5 Å². The largest absolute Gasteiger partial charge is 0.467 e. The molecule has 7 nitrogen and oxygen atoms in total. The summed E-state index contributed by atoms with van der Waals surface area (Å²) in [4.78, 5) is 25.9. The Labute approximate surface area is 167 Å². The third kappa shape index (κ3) is 4.83. The zero-order chi connectivity index (χ0) is 20.1. The summed E-state index contributed by atoms with van der Waals surface area (Å²) in [6, 6.07) is 12.1. The summed E-state index contributed by atoms with van der Waals surface area (Å²) in [6.07, 6.45) is 1.52. The summed E-state index contributed by atoms with van der Waals surface area (Å²) >= 11 is 1.09. The number of hydrogen-bond donors (Lipinski definition) is 2. The fourth-order valence-corrected chi connectivity index (χ4v) is 3.30. The van der Waals surface area contributed by atoms with Gasteiger partial charge in [-0.15, -0.1) is 5.10 Å². The van der Waals surface area contributed by atoms with E-state index < -0.39 is 23.4 Å². The number of nitrogens with one attached hydrogen (secondary N) is 2. The van der Waals surface area contributed by atoms with Crippen molar-refractivity contribution in [3.05, 3.63) is 71.1 Å². The summed E-state index contributed by atoms with van der Waals surface area (Å²) < 4.78 is 9.30. The second kappa shape index (κ2) is 8.35. The van der Waals surface area contributed by atoms with Gasteiger partial charge in [0, 0.05) is 10.9 Å². The normalized spacial score (nSPS) is 13.5. The highest BCUT2D eigenvalue weighted by atomic mass is 32.1. The van der Waals surface area contributed by atoms with Crippen molar-refractivity contribution in [1.29, 1.82) is 0 Å². The maximum atomic E-state index is 13.2. The van der Waals surface area contributed by atoms with E-state index in [1.54, 1.807) is 17.5 Å². The number of aromatic nitrogens is 2. The van der Waals surface area contributed by atoms with Gasteiger partial charge in [0.15, 0.2) is 5.69 Å². The van der Waals surface area contributed by atoms with Gasteiger partial charge in [-0.2, -0.15) is 0 Å². The summed E-state index contributed by atoms with van der Waals surface area (Å²) in [5.41, 5.74) is 0.535. The van der Waals surface area contributed by atoms with E-state index in [1.165, 1.54) is 6.26 Å². The summed E-state index contributed by atoms with van der Waals surface area (Å²) in [6.45, 7) is 5.73. The van der Waals surface area contributed by atoms with Crippen molar-refractivity contribution in [2.24, 2.45) is 0 Å². The lowest BCUT2D eigenvalue weighted by Gasteiger charge is -2.30. The molecule has 2 heterocycles. The third-order valence-corrected chi connectivity index (χ3v) is 4.51. The number of furan rings is 1. The molecule has 2 N–H and O–H groups in total. The van der Waals surface area contributed by atoms with Crippen molar-refractivity contribution in [2.45, 2.75) is 38.3 Å². The van der Waals surface area contributed by atoms with Crippen LogP contribution in [0.1, 0.15) is 54.5 Å². The van der Waals surface area contributed by atoms with Gasteiger partial charge < -0.3 is 15.1 Å². The lowest BCUT2D eigenvalue weighted by atomic mass is 9.88. The van der Waals surface area contributed by atoms with Crippen molar-refractivity contribution in [1.82, 2.24) is 20.2 Å². The Kier molecular flexibility index (Phi) is 5.89. The van der Waals surface area contributed by atoms with Crippen LogP contribution < -0.4 is 10.6 Å². The molecule has 0 radical (unpaired) electrons. The smallest absolute Gasteiger partial charge is 0.273 e. The second-order valence-corrected chi connectivity index (χ2v) is 7.99. The molecule has 3 rings (SSSR count). The molecule has 0 bridgehead atoms. The topological polar surface area (TPSA) is 97.1 Å². The van der Waals surface area contributed by atoms with Gasteiger partial charge >= 0.3 is 0 Å². The minimum absolute atomic E-state index is 0.199. The molecule has 0 spiro atoms. The number of rotatable bonds is 6. The zero-order valence-electron chi connectivity index (χ0n) is 15.9. The molecule has 0 fully saturated rings. The maximum absolute atomic E-state index is 13.2. The molecule has 0 saturated heterocycles. The summed E-state index contributed by atoms with van der Waals surface area (Å²) in [5.74, 6) is -0.840. The van der Waals surface area contributed by atoms with E-state index in [2.05, 4.69) is 20.2 Å². The van der Waals surface area contributed by atoms with Crippen LogP contribution >= 0.6 is 11.5 Å². The van der Waals surface area contributed by atoms with Crippen LogP contribution in [0, 0.1) is 0 Å². The SMILES string of the molecule is CC(C)(C)NC(=O)C(c1ccccc1)C(NC(=O)c1csnn1)c1ccco1. The summed E-state index contributed by atoms with van der Waals surface area (Å²) in [5, 5.41) is 11.3. The van der Waals surface area contributed by atoms with Crippen LogP contribution in [0.4, 0.5) is 0 Å². The Morgan fingerprint density at radius 3 is 2.43 bits per heavy atom. The minimum Gasteiger partial charge on any atom is -0.467 e. The molecule has 2 amide bonds. The van der Waals surface area contributed by atoms with E-state index in [0.717, 1.165) is 17.1 Å². The monoisotopic (exact) mass is 398 g/mol. The van der Waals surface area contributed by atoms with E-state index in [1.807, 2.05) is 51.1 Å². The maximum Gasteiger partial charge on any atom is 0.273 e. The molecular formula is C20H22N4O3S. The molecule has 8 heteroatoms. The van der Waals surface area contributed by atoms with Crippen LogP contribution in [-0.4, -0.2) is 26.9 Å². The van der Waals surface area contributed by atoms with Gasteiger partial charge in [-0.05, 0) is 50.0 Å². The molecule has 2 atom stereocenters. The van der Waals surface area contributed by atoms with E-state index in [4.69, 9.17) is 4.42 Å². The van der Waals surface area contributed by atoms with Crippen molar-refractivity contribution in [3.8, 4) is 0 Å². The molecule has 0 aliphatic rings. The molecule has 0 saturated carbocycles. The first kappa shape index (κ1) is 19.8. The molecule has 146 valence electrons. The average Bonchev–Trinajstić information content (AvgIpc) is 3.34. The van der Waals surface area contributed by atoms with Gasteiger partial charge in [-0.3, -0.25) is 9.59 Å². The first-order valence-corrected chi connectivity index (χ1v) is 9.67. The number of amides is 2. The summed E-state index contributed by atoms with van der Waals surface area (Å²) in [7, 11) is 0. The molecule has 2 unspecified atom stereocenters. The van der Waals surface area contributed by atoms with E-state index in [9.17, 15) is 9.59 Å². The van der Waals surface area contributed by atoms with E-state index >= 15 is 0 Å². The molecule has 0 aliphatic heterocycles. The first-order valence-electron chi connectivity index (χ1n) is 8.83. The Morgan fingerprint density at radius 2 is 1.86 bits per heavy atom. The fourth-order valence-electron chi connectivity index (χ4n) is 2.87. The first-order chi connectivity index (χ1) is 13.3. The minimum atomic E-state index is -0.714. The lowest BCUT2D eigenvalue weighted by Crippen LogP contribution is -2.46. The van der Waals surface area contributed by atoms with Crippen molar-refractivity contribution >= 4 is 23.3 Å². The third-order valence-electron chi connectivity index (χ3n) is 4.00. The van der Waals surface area contributed by atoms with Crippen molar-refractivity contribution < 1.29 is 14.0 Å². The standard InChI is InChI=1S/C20H22N4O3S/c1-20(2,3)22-19(26)16(13-8-5-4-6-9-13)17(15-10-7-11-27-15)21-18(25)14-12-28-24-23-14/h4-12,16-17H,1-3H3,(H,21,25)(H,22,26). The Hall–Kier alpha value is -3.00. The average molecular weight is 398 g/mol. The molecule has 28 heavy (non-hydrogen) atoms. The number of carbonyl (C=O) groups is 2. The molecule has 1 aromatic carbocycles. The predicted molar refractivity (Wildman–Crippen MR) is 106 cm³/mol. The van der Waals surface area contributed by atoms with Crippen molar-refractivity contribution in [3.63, 3.8) is 0 Å². The van der Waals surface area contributed by atoms with E-state index in [-0.39, 0.29) is 11.6 Å². The second-order valence-electron chi connectivity index (χ2n) is 7.38. The Balaban J connectivity index is 2.01. The number of nitrogens with zero attached hydrogens (tertiary/aromatic N) is 2.